The zero-order valence-electron chi connectivity index (χ0n) is 31.2. The summed E-state index contributed by atoms with van der Waals surface area (Å²) >= 11 is 3.13. The molecule has 2 fully saturated rings. The normalized spacial score (nSPS) is 13.5. The second kappa shape index (κ2) is 22.3. The molecule has 0 unspecified atom stereocenters. The molecule has 17 heteroatoms. The highest BCUT2D eigenvalue weighted by Gasteiger charge is 2.26. The second-order valence-corrected chi connectivity index (χ2v) is 12.8. The minimum Gasteiger partial charge on any atom is -0.465 e. The molecule has 0 spiro atoms. The molecule has 304 valence electrons. The average molecular weight is 862 g/mol. The number of methoxy groups -OCH3 is 2. The van der Waals surface area contributed by atoms with Crippen LogP contribution in [0.5, 0.6) is 0 Å². The summed E-state index contributed by atoms with van der Waals surface area (Å²) in [5, 5.41) is 3.13. The number of ether oxygens (including phenoxy) is 4. The molecule has 2 aliphatic rings. The van der Waals surface area contributed by atoms with Gasteiger partial charge in [0.1, 0.15) is 23.3 Å². The summed E-state index contributed by atoms with van der Waals surface area (Å²) < 4.78 is 73.1. The maximum absolute atomic E-state index is 14.6. The first-order valence-electron chi connectivity index (χ1n) is 17.5. The third-order valence-electron chi connectivity index (χ3n) is 8.47. The summed E-state index contributed by atoms with van der Waals surface area (Å²) in [6, 6.07) is 18.8. The summed E-state index contributed by atoms with van der Waals surface area (Å²) in [5.74, 6) is -2.96. The number of nitrogens with one attached hydrogen (secondary N) is 1. The van der Waals surface area contributed by atoms with Crippen molar-refractivity contribution in [3.8, 4) is 0 Å². The van der Waals surface area contributed by atoms with Crippen molar-refractivity contribution in [3.63, 3.8) is 0 Å². The first kappa shape index (κ1) is 44.2. The Morgan fingerprint density at radius 3 is 1.58 bits per heavy atom. The van der Waals surface area contributed by atoms with Crippen LogP contribution in [-0.4, -0.2) is 101 Å². The number of carbonyl (C=O) groups is 4. The van der Waals surface area contributed by atoms with Gasteiger partial charge in [-0.15, -0.1) is 0 Å². The van der Waals surface area contributed by atoms with Crippen LogP contribution in [0, 0.1) is 23.3 Å². The number of anilines is 2. The van der Waals surface area contributed by atoms with Gasteiger partial charge < -0.3 is 34.1 Å². The Labute approximate surface area is 335 Å². The van der Waals surface area contributed by atoms with E-state index >= 15 is 0 Å². The lowest BCUT2D eigenvalue weighted by Crippen LogP contribution is -2.48. The Balaban J connectivity index is 0.000000209. The van der Waals surface area contributed by atoms with E-state index < -0.39 is 29.4 Å². The number of carbonyl (C=O) groups excluding carboxylic acids is 4. The van der Waals surface area contributed by atoms with Crippen molar-refractivity contribution < 1.29 is 55.7 Å². The third kappa shape index (κ3) is 13.3. The van der Waals surface area contributed by atoms with Gasteiger partial charge in [0.2, 0.25) is 0 Å². The van der Waals surface area contributed by atoms with E-state index in [4.69, 9.17) is 9.47 Å². The predicted molar refractivity (Wildman–Crippen MR) is 206 cm³/mol. The molecular formula is C40H41BrF4N4O8. The molecule has 4 aromatic carbocycles. The summed E-state index contributed by atoms with van der Waals surface area (Å²) in [5.41, 5.74) is 2.08. The van der Waals surface area contributed by atoms with Crippen molar-refractivity contribution >= 4 is 51.3 Å². The van der Waals surface area contributed by atoms with Crippen molar-refractivity contribution in [1.29, 1.82) is 0 Å². The Morgan fingerprint density at radius 1 is 0.667 bits per heavy atom. The van der Waals surface area contributed by atoms with E-state index in [2.05, 4.69) is 30.7 Å². The molecule has 6 rings (SSSR count). The van der Waals surface area contributed by atoms with Crippen LogP contribution in [0.3, 0.4) is 0 Å². The zero-order chi connectivity index (χ0) is 41.3. The van der Waals surface area contributed by atoms with Gasteiger partial charge in [0.15, 0.2) is 0 Å². The minimum absolute atomic E-state index is 0.0743. The van der Waals surface area contributed by atoms with Crippen LogP contribution in [-0.2, 0) is 30.8 Å². The molecule has 0 aliphatic carbocycles. The van der Waals surface area contributed by atoms with Gasteiger partial charge in [0.25, 0.3) is 0 Å². The van der Waals surface area contributed by atoms with Gasteiger partial charge in [-0.3, -0.25) is 4.90 Å². The average Bonchev–Trinajstić information content (AvgIpc) is 3.24. The number of halogens is 5. The molecule has 0 bridgehead atoms. The molecule has 0 aromatic heterocycles. The van der Waals surface area contributed by atoms with Crippen LogP contribution in [0.2, 0.25) is 0 Å². The van der Waals surface area contributed by atoms with E-state index in [1.807, 2.05) is 0 Å². The Hall–Kier alpha value is -5.52. The second-order valence-electron chi connectivity index (χ2n) is 12.2. The lowest BCUT2D eigenvalue weighted by Gasteiger charge is -2.33. The predicted octanol–water partition coefficient (Wildman–Crippen LogP) is 7.41. The van der Waals surface area contributed by atoms with E-state index in [1.165, 1.54) is 91.9 Å². The van der Waals surface area contributed by atoms with Crippen LogP contribution < -0.4 is 10.2 Å². The van der Waals surface area contributed by atoms with Crippen LogP contribution in [0.15, 0.2) is 84.9 Å². The quantitative estimate of drug-likeness (QED) is 0.116. The summed E-state index contributed by atoms with van der Waals surface area (Å²) in [4.78, 5) is 51.9. The molecule has 0 saturated carbocycles. The summed E-state index contributed by atoms with van der Waals surface area (Å²) in [7, 11) is 2.48. The summed E-state index contributed by atoms with van der Waals surface area (Å²) in [6.45, 7) is 3.92. The number of hydrogen-bond acceptors (Lipinski definition) is 8. The van der Waals surface area contributed by atoms with Gasteiger partial charge in [-0.2, -0.15) is 0 Å². The molecule has 2 aliphatic heterocycles. The Kier molecular flexibility index (Phi) is 17.3. The van der Waals surface area contributed by atoms with Gasteiger partial charge in [-0.05, 0) is 78.4 Å². The van der Waals surface area contributed by atoms with Gasteiger partial charge in [-0.25, -0.2) is 36.7 Å². The number of urea groups is 2. The molecule has 4 amide bonds. The number of benzene rings is 4. The van der Waals surface area contributed by atoms with Crippen molar-refractivity contribution in [3.05, 3.63) is 130 Å². The Bertz CT molecular complexity index is 1960. The lowest BCUT2D eigenvalue weighted by atomic mass is 10.1. The maximum atomic E-state index is 14.6. The van der Waals surface area contributed by atoms with E-state index in [9.17, 15) is 36.7 Å². The van der Waals surface area contributed by atoms with Crippen molar-refractivity contribution in [2.75, 3.05) is 77.0 Å². The van der Waals surface area contributed by atoms with E-state index in [0.717, 1.165) is 6.07 Å². The molecule has 0 atom stereocenters. The third-order valence-corrected chi connectivity index (χ3v) is 9.07. The number of nitrogens with zero attached hydrogens (tertiary/aromatic N) is 3. The molecule has 1 N–H and O–H groups in total. The maximum Gasteiger partial charge on any atom is 0.337 e. The first-order chi connectivity index (χ1) is 27.4. The van der Waals surface area contributed by atoms with Crippen molar-refractivity contribution in [2.24, 2.45) is 0 Å². The molecule has 0 radical (unpaired) electrons. The van der Waals surface area contributed by atoms with Crippen molar-refractivity contribution in [1.82, 2.24) is 9.80 Å². The molecule has 2 heterocycles. The van der Waals surface area contributed by atoms with Crippen LogP contribution >= 0.6 is 15.9 Å². The number of hydrogen-bond donors (Lipinski definition) is 1. The zero-order valence-corrected chi connectivity index (χ0v) is 32.7. The topological polar surface area (TPSA) is 127 Å². The summed E-state index contributed by atoms with van der Waals surface area (Å²) in [6.07, 6.45) is 0. The number of amides is 4. The monoisotopic (exact) mass is 860 g/mol. The minimum atomic E-state index is -0.648. The van der Waals surface area contributed by atoms with E-state index in [1.54, 1.807) is 15.9 Å². The number of esters is 2. The number of alkyl halides is 1. The highest BCUT2D eigenvalue weighted by Crippen LogP contribution is 2.23. The van der Waals surface area contributed by atoms with E-state index in [0.29, 0.717) is 74.9 Å². The van der Waals surface area contributed by atoms with Crippen LogP contribution in [0.25, 0.3) is 0 Å². The SMILES string of the molecule is COC(=O)c1ccc(CBr)c(F)c1.COC(=O)c1ccc(CN(C(=O)N2CCOCC2)c2ccc(F)cc2)c(F)c1.O=C(Nc1ccc(F)cc1)N1CCOCC1. The highest BCUT2D eigenvalue weighted by atomic mass is 79.9. The van der Waals surface area contributed by atoms with Gasteiger partial charge in [-0.1, -0.05) is 28.1 Å². The Morgan fingerprint density at radius 2 is 1.12 bits per heavy atom. The fraction of sp³-hybridized carbons (Fsp3) is 0.300. The smallest absolute Gasteiger partial charge is 0.337 e. The van der Waals surface area contributed by atoms with Crippen molar-refractivity contribution in [2.45, 2.75) is 11.9 Å². The largest absolute Gasteiger partial charge is 0.465 e. The number of morpholine rings is 2. The van der Waals surface area contributed by atoms with Gasteiger partial charge in [0.05, 0.1) is 58.3 Å². The molecular weight excluding hydrogens is 820 g/mol. The fourth-order valence-corrected chi connectivity index (χ4v) is 5.76. The lowest BCUT2D eigenvalue weighted by molar-refractivity contribution is 0.0548. The standard InChI is InChI=1S/C20H20F2N2O4.C11H13FN2O2.C9H8BrFO2/c1-27-19(25)14-2-3-15(18(22)12-14)13-24(17-6-4-16(21)5-7-17)20(26)23-8-10-28-11-9-23;12-9-1-3-10(4-2-9)13-11(15)14-5-7-16-8-6-14;1-13-9(12)6-2-3-7(5-10)8(11)4-6/h2-7,12H,8-11,13H2,1H3;1-4H,5-8H2,(H,13,15);2-4H,5H2,1H3. The molecule has 12 nitrogen and oxygen atoms in total. The molecule has 4 aromatic rings. The molecule has 2 saturated heterocycles. The highest BCUT2D eigenvalue weighted by molar-refractivity contribution is 9.08. The van der Waals surface area contributed by atoms with Gasteiger partial charge in [0, 0.05) is 48.4 Å². The number of rotatable bonds is 7. The fourth-order valence-electron chi connectivity index (χ4n) is 5.31. The van der Waals surface area contributed by atoms with Crippen LogP contribution in [0.1, 0.15) is 31.8 Å². The molecule has 57 heavy (non-hydrogen) atoms. The first-order valence-corrected chi connectivity index (χ1v) is 18.6. The van der Waals surface area contributed by atoms with Crippen LogP contribution in [0.4, 0.5) is 38.5 Å². The van der Waals surface area contributed by atoms with E-state index in [-0.39, 0.29) is 41.1 Å². The van der Waals surface area contributed by atoms with Gasteiger partial charge >= 0.3 is 24.0 Å².